The van der Waals surface area contributed by atoms with Gasteiger partial charge in [0.25, 0.3) is 5.91 Å². The summed E-state index contributed by atoms with van der Waals surface area (Å²) in [6.07, 6.45) is 0.240. The molecule has 3 nitrogen and oxygen atoms in total. The first-order chi connectivity index (χ1) is 11.4. The second-order valence-electron chi connectivity index (χ2n) is 6.01. The second kappa shape index (κ2) is 8.20. The Balaban J connectivity index is 2.04. The monoisotopic (exact) mass is 345 g/mol. The fourth-order valence-electron chi connectivity index (χ4n) is 2.63. The summed E-state index contributed by atoms with van der Waals surface area (Å²) >= 11 is 6.17. The lowest BCUT2D eigenvalue weighted by Gasteiger charge is -2.21. The maximum Gasteiger partial charge on any atom is 0.261 e. The first-order valence-corrected chi connectivity index (χ1v) is 8.59. The van der Waals surface area contributed by atoms with E-state index in [1.807, 2.05) is 56.3 Å². The maximum atomic E-state index is 12.5. The van der Waals surface area contributed by atoms with E-state index in [0.717, 1.165) is 28.1 Å². The zero-order chi connectivity index (χ0) is 17.7. The van der Waals surface area contributed by atoms with E-state index in [0.29, 0.717) is 5.75 Å². The van der Waals surface area contributed by atoms with Crippen LogP contribution in [0.2, 0.25) is 5.02 Å². The lowest BCUT2D eigenvalue weighted by molar-refractivity contribution is -0.128. The lowest BCUT2D eigenvalue weighted by atomic mass is 10.0. The standard InChI is InChI=1S/C20H24ClNO2/c1-5-18(16-9-7-6-8-10-16)22-20(23)15(4)24-17-11-13(2)19(21)14(3)12-17/h6-12,15,18H,5H2,1-4H3,(H,22,23)/t15-,18-/m0/s1. The van der Waals surface area contributed by atoms with Crippen molar-refractivity contribution in [1.82, 2.24) is 5.32 Å². The van der Waals surface area contributed by atoms with Crippen LogP contribution < -0.4 is 10.1 Å². The molecule has 24 heavy (non-hydrogen) atoms. The minimum absolute atomic E-state index is 0.0153. The molecule has 4 heteroatoms. The molecule has 2 aromatic rings. The van der Waals surface area contributed by atoms with Crippen LogP contribution in [0, 0.1) is 13.8 Å². The molecule has 0 radical (unpaired) electrons. The minimum Gasteiger partial charge on any atom is -0.481 e. The lowest BCUT2D eigenvalue weighted by Crippen LogP contribution is -2.38. The molecule has 128 valence electrons. The largest absolute Gasteiger partial charge is 0.481 e. The molecule has 1 N–H and O–H groups in total. The van der Waals surface area contributed by atoms with Gasteiger partial charge in [-0.15, -0.1) is 0 Å². The number of carbonyl (C=O) groups is 1. The molecule has 0 saturated heterocycles. The molecule has 1 amide bonds. The van der Waals surface area contributed by atoms with Crippen molar-refractivity contribution >= 4 is 17.5 Å². The van der Waals surface area contributed by atoms with Crippen LogP contribution in [0.3, 0.4) is 0 Å². The highest BCUT2D eigenvalue weighted by molar-refractivity contribution is 6.32. The van der Waals surface area contributed by atoms with E-state index in [-0.39, 0.29) is 11.9 Å². The van der Waals surface area contributed by atoms with Crippen molar-refractivity contribution in [2.45, 2.75) is 46.3 Å². The molecule has 0 saturated carbocycles. The Kier molecular flexibility index (Phi) is 6.27. The van der Waals surface area contributed by atoms with Crippen molar-refractivity contribution in [2.24, 2.45) is 0 Å². The Morgan fingerprint density at radius 3 is 2.29 bits per heavy atom. The smallest absolute Gasteiger partial charge is 0.261 e. The number of nitrogens with one attached hydrogen (secondary N) is 1. The third kappa shape index (κ3) is 4.51. The van der Waals surface area contributed by atoms with Crippen LogP contribution in [0.4, 0.5) is 0 Å². The van der Waals surface area contributed by atoms with Gasteiger partial charge in [-0.05, 0) is 56.0 Å². The molecule has 2 atom stereocenters. The molecule has 0 aliphatic rings. The summed E-state index contributed by atoms with van der Waals surface area (Å²) in [5.74, 6) is 0.528. The number of benzene rings is 2. The van der Waals surface area contributed by atoms with Crippen molar-refractivity contribution in [3.63, 3.8) is 0 Å². The van der Waals surface area contributed by atoms with Crippen LogP contribution in [0.1, 0.15) is 43.0 Å². The van der Waals surface area contributed by atoms with Crippen LogP contribution in [-0.4, -0.2) is 12.0 Å². The molecule has 0 fully saturated rings. The minimum atomic E-state index is -0.581. The number of rotatable bonds is 6. The number of aryl methyl sites for hydroxylation is 2. The number of hydrogen-bond donors (Lipinski definition) is 1. The van der Waals surface area contributed by atoms with Crippen molar-refractivity contribution in [1.29, 1.82) is 0 Å². The van der Waals surface area contributed by atoms with Crippen molar-refractivity contribution < 1.29 is 9.53 Å². The molecule has 0 bridgehead atoms. The molecular formula is C20H24ClNO2. The van der Waals surface area contributed by atoms with Gasteiger partial charge in [0.05, 0.1) is 6.04 Å². The molecule has 0 aliphatic heterocycles. The van der Waals surface area contributed by atoms with Gasteiger partial charge in [-0.2, -0.15) is 0 Å². The normalized spacial score (nSPS) is 13.2. The highest BCUT2D eigenvalue weighted by atomic mass is 35.5. The summed E-state index contributed by atoms with van der Waals surface area (Å²) in [6, 6.07) is 13.7. The molecular weight excluding hydrogens is 322 g/mol. The molecule has 2 rings (SSSR count). The van der Waals surface area contributed by atoms with E-state index >= 15 is 0 Å². The summed E-state index contributed by atoms with van der Waals surface area (Å²) < 4.78 is 5.80. The first-order valence-electron chi connectivity index (χ1n) is 8.21. The van der Waals surface area contributed by atoms with Gasteiger partial charge in [0.2, 0.25) is 0 Å². The number of hydrogen-bond acceptors (Lipinski definition) is 2. The predicted molar refractivity (Wildman–Crippen MR) is 98.6 cm³/mol. The number of halogens is 1. The van der Waals surface area contributed by atoms with Gasteiger partial charge in [-0.1, -0.05) is 48.9 Å². The van der Waals surface area contributed by atoms with Gasteiger partial charge >= 0.3 is 0 Å². The van der Waals surface area contributed by atoms with Crippen LogP contribution in [-0.2, 0) is 4.79 Å². The summed E-state index contributed by atoms with van der Waals surface area (Å²) in [7, 11) is 0. The summed E-state index contributed by atoms with van der Waals surface area (Å²) in [5, 5.41) is 3.78. The van der Waals surface area contributed by atoms with E-state index < -0.39 is 6.10 Å². The highest BCUT2D eigenvalue weighted by Crippen LogP contribution is 2.26. The first kappa shape index (κ1) is 18.3. The third-order valence-electron chi connectivity index (χ3n) is 4.02. The second-order valence-corrected chi connectivity index (χ2v) is 6.39. The maximum absolute atomic E-state index is 12.5. The van der Waals surface area contributed by atoms with E-state index in [4.69, 9.17) is 16.3 Å². The van der Waals surface area contributed by atoms with Gasteiger partial charge in [-0.3, -0.25) is 4.79 Å². The topological polar surface area (TPSA) is 38.3 Å². The SMILES string of the molecule is CC[C@H](NC(=O)[C@H](C)Oc1cc(C)c(Cl)c(C)c1)c1ccccc1. The molecule has 0 spiro atoms. The molecule has 0 unspecified atom stereocenters. The van der Waals surface area contributed by atoms with Gasteiger partial charge in [0, 0.05) is 5.02 Å². The fraction of sp³-hybridized carbons (Fsp3) is 0.350. The Morgan fingerprint density at radius 2 is 1.75 bits per heavy atom. The number of ether oxygens (including phenoxy) is 1. The third-order valence-corrected chi connectivity index (χ3v) is 4.61. The Morgan fingerprint density at radius 1 is 1.17 bits per heavy atom. The summed E-state index contributed by atoms with van der Waals surface area (Å²) in [6.45, 7) is 7.66. The Labute approximate surface area is 149 Å². The average molecular weight is 346 g/mol. The van der Waals surface area contributed by atoms with E-state index in [1.54, 1.807) is 6.92 Å². The van der Waals surface area contributed by atoms with Crippen molar-refractivity contribution in [3.05, 3.63) is 64.2 Å². The molecule has 0 heterocycles. The number of amides is 1. The van der Waals surface area contributed by atoms with E-state index in [1.165, 1.54) is 0 Å². The Hall–Kier alpha value is -2.00. The van der Waals surface area contributed by atoms with Crippen LogP contribution in [0.5, 0.6) is 5.75 Å². The van der Waals surface area contributed by atoms with Crippen molar-refractivity contribution in [2.75, 3.05) is 0 Å². The summed E-state index contributed by atoms with van der Waals surface area (Å²) in [5.41, 5.74) is 2.98. The average Bonchev–Trinajstić information content (AvgIpc) is 2.57. The van der Waals surface area contributed by atoms with Gasteiger partial charge in [-0.25, -0.2) is 0 Å². The van der Waals surface area contributed by atoms with E-state index in [2.05, 4.69) is 12.2 Å². The van der Waals surface area contributed by atoms with E-state index in [9.17, 15) is 4.79 Å². The quantitative estimate of drug-likeness (QED) is 0.800. The zero-order valence-corrected chi connectivity index (χ0v) is 15.4. The van der Waals surface area contributed by atoms with Crippen LogP contribution in [0.15, 0.2) is 42.5 Å². The van der Waals surface area contributed by atoms with Gasteiger partial charge in [0.1, 0.15) is 5.75 Å². The highest BCUT2D eigenvalue weighted by Gasteiger charge is 2.19. The molecule has 2 aromatic carbocycles. The van der Waals surface area contributed by atoms with Gasteiger partial charge < -0.3 is 10.1 Å². The molecule has 0 aromatic heterocycles. The predicted octanol–water partition coefficient (Wildman–Crippen LogP) is 4.99. The van der Waals surface area contributed by atoms with Gasteiger partial charge in [0.15, 0.2) is 6.10 Å². The molecule has 0 aliphatic carbocycles. The summed E-state index contributed by atoms with van der Waals surface area (Å²) in [4.78, 5) is 12.5. The fourth-order valence-corrected chi connectivity index (χ4v) is 2.74. The Bertz CT molecular complexity index is 677. The van der Waals surface area contributed by atoms with Crippen molar-refractivity contribution in [3.8, 4) is 5.75 Å². The zero-order valence-electron chi connectivity index (χ0n) is 14.6. The van der Waals surface area contributed by atoms with Crippen LogP contribution in [0.25, 0.3) is 0 Å². The van der Waals surface area contributed by atoms with Crippen LogP contribution >= 0.6 is 11.6 Å². The number of carbonyl (C=O) groups excluding carboxylic acids is 1.